The Labute approximate surface area is 363 Å². The van der Waals surface area contributed by atoms with Crippen LogP contribution in [0.25, 0.3) is 77.7 Å². The molecule has 5 heteroatoms. The molecule has 0 aliphatic rings. The predicted molar refractivity (Wildman–Crippen MR) is 259 cm³/mol. The molecule has 0 N–H and O–H groups in total. The van der Waals surface area contributed by atoms with Crippen LogP contribution in [-0.2, 0) is 0 Å². The quantitative estimate of drug-likeness (QED) is 0.145. The SMILES string of the molecule is c1ccc(-c2cc3c4cc(-c5ccc(N(c6ccccc6)c6ccccc6)cc5)oc4c4ccc5oc(-c6ccc(N(c7ccccc7)c7ccccc7)cc6)cc5c4c3o2)cc1. The van der Waals surface area contributed by atoms with Gasteiger partial charge in [0.15, 0.2) is 0 Å². The van der Waals surface area contributed by atoms with E-state index in [0.717, 1.165) is 112 Å². The summed E-state index contributed by atoms with van der Waals surface area (Å²) in [6.07, 6.45) is 0. The number of rotatable bonds is 9. The van der Waals surface area contributed by atoms with Crippen molar-refractivity contribution in [3.63, 3.8) is 0 Å². The lowest BCUT2D eigenvalue weighted by atomic mass is 10.00. The van der Waals surface area contributed by atoms with Gasteiger partial charge in [0.25, 0.3) is 0 Å². The van der Waals surface area contributed by atoms with Crippen molar-refractivity contribution in [1.82, 2.24) is 0 Å². The number of anilines is 6. The van der Waals surface area contributed by atoms with E-state index in [-0.39, 0.29) is 0 Å². The van der Waals surface area contributed by atoms with Crippen molar-refractivity contribution < 1.29 is 13.3 Å². The van der Waals surface area contributed by atoms with Gasteiger partial charge in [0.05, 0.1) is 0 Å². The Balaban J connectivity index is 0.976. The lowest BCUT2D eigenvalue weighted by Gasteiger charge is -2.25. The Morgan fingerprint density at radius 1 is 0.254 bits per heavy atom. The van der Waals surface area contributed by atoms with E-state index < -0.39 is 0 Å². The molecule has 0 atom stereocenters. The van der Waals surface area contributed by atoms with Gasteiger partial charge in [0, 0.05) is 77.7 Å². The summed E-state index contributed by atoms with van der Waals surface area (Å²) in [5.74, 6) is 2.36. The molecule has 0 saturated carbocycles. The molecule has 12 aromatic rings. The third kappa shape index (κ3) is 6.42. The van der Waals surface area contributed by atoms with Crippen molar-refractivity contribution >= 4 is 77.8 Å². The lowest BCUT2D eigenvalue weighted by Crippen LogP contribution is -2.09. The highest BCUT2D eigenvalue weighted by atomic mass is 16.3. The minimum absolute atomic E-state index is 0.776. The van der Waals surface area contributed by atoms with Gasteiger partial charge < -0.3 is 23.1 Å². The summed E-state index contributed by atoms with van der Waals surface area (Å²) in [7, 11) is 0. The number of fused-ring (bicyclic) bond motifs is 8. The molecule has 298 valence electrons. The molecule has 0 fully saturated rings. The minimum Gasteiger partial charge on any atom is -0.456 e. The smallest absolute Gasteiger partial charge is 0.144 e. The molecule has 3 aromatic heterocycles. The van der Waals surface area contributed by atoms with Gasteiger partial charge in [-0.3, -0.25) is 0 Å². The molecule has 5 nitrogen and oxygen atoms in total. The molecule has 0 radical (unpaired) electrons. The first-order valence-corrected chi connectivity index (χ1v) is 21.2. The number of para-hydroxylation sites is 4. The predicted octanol–water partition coefficient (Wildman–Crippen LogP) is 17.0. The van der Waals surface area contributed by atoms with E-state index in [0.29, 0.717) is 0 Å². The molecule has 0 bridgehead atoms. The van der Waals surface area contributed by atoms with E-state index in [1.165, 1.54) is 0 Å². The average Bonchev–Trinajstić information content (AvgIpc) is 4.12. The molecule has 0 unspecified atom stereocenters. The van der Waals surface area contributed by atoms with Crippen molar-refractivity contribution in [1.29, 1.82) is 0 Å². The van der Waals surface area contributed by atoms with Crippen LogP contribution in [0.3, 0.4) is 0 Å². The zero-order chi connectivity index (χ0) is 41.7. The molecule has 9 aromatic carbocycles. The average molecular weight is 811 g/mol. The second-order valence-corrected chi connectivity index (χ2v) is 15.7. The zero-order valence-corrected chi connectivity index (χ0v) is 34.1. The maximum atomic E-state index is 6.92. The first-order valence-electron chi connectivity index (χ1n) is 21.2. The number of hydrogen-bond donors (Lipinski definition) is 0. The Morgan fingerprint density at radius 2 is 0.603 bits per heavy atom. The van der Waals surface area contributed by atoms with Crippen molar-refractivity contribution in [2.75, 3.05) is 9.80 Å². The monoisotopic (exact) mass is 810 g/mol. The summed E-state index contributed by atoms with van der Waals surface area (Å²) in [6, 6.07) is 79.8. The second kappa shape index (κ2) is 15.2. The highest BCUT2D eigenvalue weighted by molar-refractivity contribution is 6.29. The third-order valence-corrected chi connectivity index (χ3v) is 11.9. The fraction of sp³-hybridized carbons (Fsp3) is 0. The minimum atomic E-state index is 0.776. The molecule has 12 rings (SSSR count). The van der Waals surface area contributed by atoms with Crippen LogP contribution < -0.4 is 9.80 Å². The Bertz CT molecular complexity index is 3440. The van der Waals surface area contributed by atoms with Crippen molar-refractivity contribution in [2.24, 2.45) is 0 Å². The van der Waals surface area contributed by atoms with Crippen LogP contribution in [-0.4, -0.2) is 0 Å². The molecular weight excluding hydrogens is 773 g/mol. The van der Waals surface area contributed by atoms with E-state index >= 15 is 0 Å². The first-order chi connectivity index (χ1) is 31.2. The van der Waals surface area contributed by atoms with Crippen LogP contribution in [0.2, 0.25) is 0 Å². The number of furan rings is 3. The van der Waals surface area contributed by atoms with Gasteiger partial charge in [0.1, 0.15) is 34.0 Å². The Kier molecular flexibility index (Phi) is 8.75. The van der Waals surface area contributed by atoms with Gasteiger partial charge in [-0.1, -0.05) is 103 Å². The largest absolute Gasteiger partial charge is 0.456 e. The number of benzene rings is 9. The molecule has 0 saturated heterocycles. The fourth-order valence-electron chi connectivity index (χ4n) is 8.89. The van der Waals surface area contributed by atoms with Gasteiger partial charge in [-0.2, -0.15) is 0 Å². The zero-order valence-electron chi connectivity index (χ0n) is 34.1. The van der Waals surface area contributed by atoms with Gasteiger partial charge in [-0.25, -0.2) is 0 Å². The van der Waals surface area contributed by atoms with Crippen LogP contribution in [0.1, 0.15) is 0 Å². The molecule has 3 heterocycles. The van der Waals surface area contributed by atoms with Crippen LogP contribution in [0, 0.1) is 0 Å². The van der Waals surface area contributed by atoms with Gasteiger partial charge in [0.2, 0.25) is 0 Å². The summed E-state index contributed by atoms with van der Waals surface area (Å²) in [4.78, 5) is 4.52. The standard InChI is InChI=1S/C58H38N2O3/c1-6-16-39(17-7-1)54-37-50-49-36-55(41-28-32-47(33-29-41)60(44-22-12-4-13-23-44)45-24-14-5-15-25-45)62-57(49)48-34-35-52-51(56(48)58(50)63-54)38-53(61-52)40-26-30-46(31-27-40)59(42-18-8-2-9-19-42)43-20-10-3-11-21-43/h1-38H. The Hall–Kier alpha value is -8.54. The van der Waals surface area contributed by atoms with Crippen LogP contribution in [0.4, 0.5) is 34.1 Å². The molecule has 0 aliphatic carbocycles. The van der Waals surface area contributed by atoms with E-state index in [9.17, 15) is 0 Å². The van der Waals surface area contributed by atoms with Crippen molar-refractivity contribution in [3.8, 4) is 34.0 Å². The van der Waals surface area contributed by atoms with Crippen molar-refractivity contribution in [2.45, 2.75) is 0 Å². The van der Waals surface area contributed by atoms with Gasteiger partial charge in [-0.15, -0.1) is 0 Å². The Morgan fingerprint density at radius 3 is 1.06 bits per heavy atom. The molecule has 63 heavy (non-hydrogen) atoms. The molecular formula is C58H38N2O3. The number of hydrogen-bond acceptors (Lipinski definition) is 5. The van der Waals surface area contributed by atoms with E-state index in [4.69, 9.17) is 13.3 Å². The summed E-state index contributed by atoms with van der Waals surface area (Å²) < 4.78 is 20.5. The highest BCUT2D eigenvalue weighted by Gasteiger charge is 2.23. The van der Waals surface area contributed by atoms with Gasteiger partial charge in [-0.05, 0) is 127 Å². The summed E-state index contributed by atoms with van der Waals surface area (Å²) in [5, 5.41) is 4.87. The fourth-order valence-corrected chi connectivity index (χ4v) is 8.89. The third-order valence-electron chi connectivity index (χ3n) is 11.9. The van der Waals surface area contributed by atoms with E-state index in [1.807, 2.05) is 48.5 Å². The molecule has 0 amide bonds. The van der Waals surface area contributed by atoms with Crippen molar-refractivity contribution in [3.05, 3.63) is 231 Å². The number of nitrogens with zero attached hydrogens (tertiary/aromatic N) is 2. The van der Waals surface area contributed by atoms with Crippen LogP contribution in [0.5, 0.6) is 0 Å². The summed E-state index contributed by atoms with van der Waals surface area (Å²) in [5.41, 5.74) is 11.8. The van der Waals surface area contributed by atoms with E-state index in [1.54, 1.807) is 0 Å². The van der Waals surface area contributed by atoms with E-state index in [2.05, 4.69) is 192 Å². The topological polar surface area (TPSA) is 45.9 Å². The van der Waals surface area contributed by atoms with Crippen LogP contribution in [0.15, 0.2) is 244 Å². The lowest BCUT2D eigenvalue weighted by molar-refractivity contribution is 0.629. The summed E-state index contributed by atoms with van der Waals surface area (Å²) in [6.45, 7) is 0. The molecule has 0 aliphatic heterocycles. The van der Waals surface area contributed by atoms with Gasteiger partial charge >= 0.3 is 0 Å². The second-order valence-electron chi connectivity index (χ2n) is 15.7. The van der Waals surface area contributed by atoms with Crippen LogP contribution >= 0.6 is 0 Å². The maximum absolute atomic E-state index is 6.92. The summed E-state index contributed by atoms with van der Waals surface area (Å²) >= 11 is 0. The first kappa shape index (κ1) is 36.3. The maximum Gasteiger partial charge on any atom is 0.144 e. The molecule has 0 spiro atoms. The normalized spacial score (nSPS) is 11.5. The highest BCUT2D eigenvalue weighted by Crippen LogP contribution is 2.46.